The smallest absolute Gasteiger partial charge is 0.227 e. The van der Waals surface area contributed by atoms with E-state index in [1.807, 2.05) is 25.0 Å². The molecule has 1 aromatic heterocycles. The van der Waals surface area contributed by atoms with E-state index in [-0.39, 0.29) is 11.8 Å². The topological polar surface area (TPSA) is 50.2 Å². The molecule has 22 heavy (non-hydrogen) atoms. The zero-order valence-electron chi connectivity index (χ0n) is 13.5. The van der Waals surface area contributed by atoms with E-state index < -0.39 is 0 Å². The molecule has 0 spiro atoms. The second kappa shape index (κ2) is 5.37. The maximum Gasteiger partial charge on any atom is 0.227 e. The lowest BCUT2D eigenvalue weighted by Gasteiger charge is -2.32. The van der Waals surface area contributed by atoms with Crippen molar-refractivity contribution in [2.24, 2.45) is 24.8 Å². The van der Waals surface area contributed by atoms with Crippen LogP contribution in [0.1, 0.15) is 37.2 Å². The summed E-state index contributed by atoms with van der Waals surface area (Å²) in [6.07, 6.45) is 9.22. The first-order valence-corrected chi connectivity index (χ1v) is 8.61. The standard InChI is InChI=1S/C17H26N4O/c1-20-10-13(7-19-20)14-8-18-9-15(14)17(22)21(2)16(11-3-4-11)12-5-6-12/h7,10-12,14-16,18H,3-6,8-9H2,1-2H3/t14-,15+/m1/s1. The summed E-state index contributed by atoms with van der Waals surface area (Å²) in [6.45, 7) is 1.68. The third kappa shape index (κ3) is 2.56. The molecular formula is C17H26N4O. The van der Waals surface area contributed by atoms with Gasteiger partial charge in [0.05, 0.1) is 12.1 Å². The predicted molar refractivity (Wildman–Crippen MR) is 84.3 cm³/mol. The highest BCUT2D eigenvalue weighted by molar-refractivity contribution is 5.81. The van der Waals surface area contributed by atoms with Gasteiger partial charge in [-0.15, -0.1) is 0 Å². The molecule has 1 saturated heterocycles. The molecule has 0 bridgehead atoms. The van der Waals surface area contributed by atoms with Crippen LogP contribution in [0.4, 0.5) is 0 Å². The average molecular weight is 302 g/mol. The lowest BCUT2D eigenvalue weighted by Crippen LogP contribution is -2.44. The summed E-state index contributed by atoms with van der Waals surface area (Å²) < 4.78 is 1.83. The Kier molecular flexibility index (Phi) is 3.48. The largest absolute Gasteiger partial charge is 0.342 e. The Morgan fingerprint density at radius 1 is 1.32 bits per heavy atom. The van der Waals surface area contributed by atoms with E-state index in [0.717, 1.165) is 24.9 Å². The van der Waals surface area contributed by atoms with Crippen molar-refractivity contribution in [2.75, 3.05) is 20.1 Å². The number of rotatable bonds is 5. The molecule has 4 rings (SSSR count). The second-order valence-electron chi connectivity index (χ2n) is 7.43. The van der Waals surface area contributed by atoms with Crippen molar-refractivity contribution in [1.29, 1.82) is 0 Å². The molecule has 2 aliphatic carbocycles. The van der Waals surface area contributed by atoms with Crippen LogP contribution < -0.4 is 5.32 Å². The Labute approximate surface area is 132 Å². The summed E-state index contributed by atoms with van der Waals surface area (Å²) in [7, 11) is 3.98. The van der Waals surface area contributed by atoms with Gasteiger partial charge in [0.2, 0.25) is 5.91 Å². The molecule has 1 aliphatic heterocycles. The minimum Gasteiger partial charge on any atom is -0.342 e. The molecule has 3 fully saturated rings. The van der Waals surface area contributed by atoms with Crippen LogP contribution in [-0.2, 0) is 11.8 Å². The van der Waals surface area contributed by atoms with E-state index in [1.165, 1.54) is 31.2 Å². The van der Waals surface area contributed by atoms with E-state index in [4.69, 9.17) is 0 Å². The zero-order valence-corrected chi connectivity index (χ0v) is 13.5. The first-order chi connectivity index (χ1) is 10.6. The van der Waals surface area contributed by atoms with Crippen molar-refractivity contribution < 1.29 is 4.79 Å². The van der Waals surface area contributed by atoms with Gasteiger partial charge in [-0.3, -0.25) is 9.48 Å². The van der Waals surface area contributed by atoms with Gasteiger partial charge in [-0.05, 0) is 43.1 Å². The monoisotopic (exact) mass is 302 g/mol. The summed E-state index contributed by atoms with van der Waals surface area (Å²) in [6, 6.07) is 0.502. The van der Waals surface area contributed by atoms with Crippen LogP contribution in [0.25, 0.3) is 0 Å². The number of carbonyl (C=O) groups is 1. The molecule has 1 N–H and O–H groups in total. The third-order valence-electron chi connectivity index (χ3n) is 5.69. The van der Waals surface area contributed by atoms with Crippen molar-refractivity contribution >= 4 is 5.91 Å². The van der Waals surface area contributed by atoms with Crippen molar-refractivity contribution in [2.45, 2.75) is 37.6 Å². The SMILES string of the molecule is CN(C(=O)[C@H]1CNC[C@@H]1c1cnn(C)c1)C(C1CC1)C1CC1. The Morgan fingerprint density at radius 3 is 2.55 bits per heavy atom. The van der Waals surface area contributed by atoms with Gasteiger partial charge in [-0.1, -0.05) is 0 Å². The fourth-order valence-electron chi connectivity index (χ4n) is 4.22. The lowest BCUT2D eigenvalue weighted by molar-refractivity contribution is -0.137. The number of nitrogens with one attached hydrogen (secondary N) is 1. The molecule has 3 aliphatic rings. The first-order valence-electron chi connectivity index (χ1n) is 8.61. The van der Waals surface area contributed by atoms with Crippen LogP contribution in [0.15, 0.2) is 12.4 Å². The van der Waals surface area contributed by atoms with Crippen LogP contribution in [0.5, 0.6) is 0 Å². The van der Waals surface area contributed by atoms with Gasteiger partial charge in [0.1, 0.15) is 0 Å². The molecule has 1 aromatic rings. The molecule has 0 radical (unpaired) electrons. The van der Waals surface area contributed by atoms with Gasteiger partial charge < -0.3 is 10.2 Å². The maximum absolute atomic E-state index is 13.1. The summed E-state index contributed by atoms with van der Waals surface area (Å²) in [5.41, 5.74) is 1.19. The number of amides is 1. The van der Waals surface area contributed by atoms with Gasteiger partial charge in [-0.2, -0.15) is 5.10 Å². The Balaban J connectivity index is 1.50. The van der Waals surface area contributed by atoms with Gasteiger partial charge in [0.15, 0.2) is 0 Å². The molecule has 5 nitrogen and oxygen atoms in total. The Bertz CT molecular complexity index is 549. The number of hydrogen-bond donors (Lipinski definition) is 1. The van der Waals surface area contributed by atoms with Crippen LogP contribution in [-0.4, -0.2) is 46.8 Å². The molecule has 0 unspecified atom stereocenters. The summed E-state index contributed by atoms with van der Waals surface area (Å²) >= 11 is 0. The maximum atomic E-state index is 13.1. The normalized spacial score (nSPS) is 28.3. The molecule has 2 heterocycles. The highest BCUT2D eigenvalue weighted by Crippen LogP contribution is 2.47. The minimum absolute atomic E-state index is 0.0641. The zero-order chi connectivity index (χ0) is 15.3. The summed E-state index contributed by atoms with van der Waals surface area (Å²) in [4.78, 5) is 15.2. The van der Waals surface area contributed by atoms with Gasteiger partial charge in [-0.25, -0.2) is 0 Å². The Morgan fingerprint density at radius 2 is 2.00 bits per heavy atom. The number of aromatic nitrogens is 2. The van der Waals surface area contributed by atoms with Crippen LogP contribution in [0, 0.1) is 17.8 Å². The van der Waals surface area contributed by atoms with Gasteiger partial charge >= 0.3 is 0 Å². The van der Waals surface area contributed by atoms with E-state index in [2.05, 4.69) is 21.5 Å². The lowest BCUT2D eigenvalue weighted by atomic mass is 9.89. The van der Waals surface area contributed by atoms with Crippen LogP contribution in [0.2, 0.25) is 0 Å². The van der Waals surface area contributed by atoms with E-state index in [9.17, 15) is 4.79 Å². The molecule has 0 aromatic carbocycles. The molecule has 2 saturated carbocycles. The fraction of sp³-hybridized carbons (Fsp3) is 0.765. The highest BCUT2D eigenvalue weighted by Gasteiger charge is 2.47. The van der Waals surface area contributed by atoms with E-state index in [0.29, 0.717) is 11.9 Å². The second-order valence-corrected chi connectivity index (χ2v) is 7.43. The minimum atomic E-state index is 0.0641. The van der Waals surface area contributed by atoms with Crippen LogP contribution in [0.3, 0.4) is 0 Å². The number of nitrogens with zero attached hydrogens (tertiary/aromatic N) is 3. The fourth-order valence-corrected chi connectivity index (χ4v) is 4.22. The first kappa shape index (κ1) is 14.2. The highest BCUT2D eigenvalue weighted by atomic mass is 16.2. The van der Waals surface area contributed by atoms with E-state index >= 15 is 0 Å². The molecule has 120 valence electrons. The molecule has 5 heteroatoms. The van der Waals surface area contributed by atoms with Crippen LogP contribution >= 0.6 is 0 Å². The summed E-state index contributed by atoms with van der Waals surface area (Å²) in [5, 5.41) is 7.69. The number of carbonyl (C=O) groups excluding carboxylic acids is 1. The van der Waals surface area contributed by atoms with Gasteiger partial charge in [0, 0.05) is 45.3 Å². The van der Waals surface area contributed by atoms with E-state index in [1.54, 1.807) is 0 Å². The summed E-state index contributed by atoms with van der Waals surface area (Å²) in [5.74, 6) is 2.21. The van der Waals surface area contributed by atoms with Crippen molar-refractivity contribution in [3.63, 3.8) is 0 Å². The van der Waals surface area contributed by atoms with Crippen molar-refractivity contribution in [3.05, 3.63) is 18.0 Å². The third-order valence-corrected chi connectivity index (χ3v) is 5.69. The predicted octanol–water partition coefficient (Wildman–Crippen LogP) is 1.37. The average Bonchev–Trinajstić information content (AvgIpc) is 3.42. The molecular weight excluding hydrogens is 276 g/mol. The number of aryl methyl sites for hydroxylation is 1. The van der Waals surface area contributed by atoms with Gasteiger partial charge in [0.25, 0.3) is 0 Å². The molecule has 2 atom stereocenters. The quantitative estimate of drug-likeness (QED) is 0.894. The van der Waals surface area contributed by atoms with Crippen molar-refractivity contribution in [3.8, 4) is 0 Å². The Hall–Kier alpha value is -1.36. The molecule has 1 amide bonds. The number of hydrogen-bond acceptors (Lipinski definition) is 3. The van der Waals surface area contributed by atoms with Crippen molar-refractivity contribution in [1.82, 2.24) is 20.0 Å².